The minimum atomic E-state index is -0.248. The third-order valence-electron chi connectivity index (χ3n) is 3.13. The first-order chi connectivity index (χ1) is 8.47. The Morgan fingerprint density at radius 3 is 2.83 bits per heavy atom. The van der Waals surface area contributed by atoms with Crippen molar-refractivity contribution in [3.05, 3.63) is 17.0 Å². The Balaban J connectivity index is 2.21. The van der Waals surface area contributed by atoms with Crippen molar-refractivity contribution in [3.8, 4) is 0 Å². The smallest absolute Gasteiger partial charge is 0.222 e. The van der Waals surface area contributed by atoms with Crippen LogP contribution < -0.4 is 10.6 Å². The maximum absolute atomic E-state index is 11.2. The summed E-state index contributed by atoms with van der Waals surface area (Å²) in [6.45, 7) is 5.43. The molecule has 0 spiro atoms. The molecule has 1 atom stereocenters. The molecule has 1 aromatic heterocycles. The Labute approximate surface area is 111 Å². The number of hydrogen-bond donors (Lipinski definition) is 1. The second-order valence-electron chi connectivity index (χ2n) is 4.90. The van der Waals surface area contributed by atoms with Gasteiger partial charge in [-0.25, -0.2) is 9.97 Å². The van der Waals surface area contributed by atoms with E-state index in [2.05, 4.69) is 9.97 Å². The number of hydrogen-bond acceptors (Lipinski definition) is 4. The van der Waals surface area contributed by atoms with E-state index >= 15 is 0 Å². The zero-order valence-corrected chi connectivity index (χ0v) is 11.3. The van der Waals surface area contributed by atoms with Gasteiger partial charge in [0.15, 0.2) is 0 Å². The van der Waals surface area contributed by atoms with Gasteiger partial charge >= 0.3 is 0 Å². The average Bonchev–Trinajstić information content (AvgIpc) is 2.77. The van der Waals surface area contributed by atoms with Gasteiger partial charge in [-0.1, -0.05) is 25.4 Å². The SMILES string of the molecule is CC(C)c1nc(Cl)cc(N2CCC(C(N)=O)C2)n1. The summed E-state index contributed by atoms with van der Waals surface area (Å²) in [5, 5.41) is 0.436. The van der Waals surface area contributed by atoms with Crippen molar-refractivity contribution in [2.24, 2.45) is 11.7 Å². The summed E-state index contributed by atoms with van der Waals surface area (Å²) in [4.78, 5) is 21.9. The summed E-state index contributed by atoms with van der Waals surface area (Å²) in [6, 6.07) is 1.73. The van der Waals surface area contributed by atoms with Crippen LogP contribution in [0.2, 0.25) is 5.15 Å². The van der Waals surface area contributed by atoms with Crippen LogP contribution in [0.5, 0.6) is 0 Å². The highest BCUT2D eigenvalue weighted by Crippen LogP contribution is 2.25. The fraction of sp³-hybridized carbons (Fsp3) is 0.583. The average molecular weight is 269 g/mol. The fourth-order valence-corrected chi connectivity index (χ4v) is 2.23. The molecule has 2 rings (SSSR count). The minimum absolute atomic E-state index is 0.0961. The lowest BCUT2D eigenvalue weighted by molar-refractivity contribution is -0.121. The van der Waals surface area contributed by atoms with Gasteiger partial charge in [0.25, 0.3) is 0 Å². The second-order valence-corrected chi connectivity index (χ2v) is 5.28. The van der Waals surface area contributed by atoms with E-state index in [9.17, 15) is 4.79 Å². The van der Waals surface area contributed by atoms with Crippen LogP contribution in [0.15, 0.2) is 6.07 Å². The van der Waals surface area contributed by atoms with E-state index in [1.807, 2.05) is 18.7 Å². The summed E-state index contributed by atoms with van der Waals surface area (Å²) < 4.78 is 0. The molecule has 1 saturated heterocycles. The van der Waals surface area contributed by atoms with Crippen LogP contribution in [-0.2, 0) is 4.79 Å². The van der Waals surface area contributed by atoms with Crippen molar-refractivity contribution < 1.29 is 4.79 Å². The molecule has 1 aliphatic rings. The number of primary amides is 1. The standard InChI is InChI=1S/C12H17ClN4O/c1-7(2)12-15-9(13)5-10(16-12)17-4-3-8(6-17)11(14)18/h5,7-8H,3-4,6H2,1-2H3,(H2,14,18). The maximum Gasteiger partial charge on any atom is 0.222 e. The number of anilines is 1. The Hall–Kier alpha value is -1.36. The van der Waals surface area contributed by atoms with E-state index in [0.717, 1.165) is 24.6 Å². The molecule has 0 aromatic carbocycles. The summed E-state index contributed by atoms with van der Waals surface area (Å²) in [5.74, 6) is 1.38. The van der Waals surface area contributed by atoms with Gasteiger partial charge in [0, 0.05) is 25.1 Å². The number of halogens is 1. The van der Waals surface area contributed by atoms with E-state index in [1.54, 1.807) is 6.07 Å². The Morgan fingerprint density at radius 2 is 2.28 bits per heavy atom. The molecule has 0 aliphatic carbocycles. The number of carbonyl (C=O) groups excluding carboxylic acids is 1. The number of nitrogens with zero attached hydrogens (tertiary/aromatic N) is 3. The van der Waals surface area contributed by atoms with E-state index in [-0.39, 0.29) is 17.7 Å². The number of nitrogens with two attached hydrogens (primary N) is 1. The van der Waals surface area contributed by atoms with Gasteiger partial charge in [-0.15, -0.1) is 0 Å². The molecule has 2 heterocycles. The van der Waals surface area contributed by atoms with E-state index in [0.29, 0.717) is 11.7 Å². The number of carbonyl (C=O) groups is 1. The van der Waals surface area contributed by atoms with Crippen LogP contribution >= 0.6 is 11.6 Å². The molecule has 1 aliphatic heterocycles. The predicted molar refractivity (Wildman–Crippen MR) is 70.6 cm³/mol. The van der Waals surface area contributed by atoms with Crippen molar-refractivity contribution >= 4 is 23.3 Å². The third-order valence-corrected chi connectivity index (χ3v) is 3.32. The van der Waals surface area contributed by atoms with Crippen molar-refractivity contribution in [3.63, 3.8) is 0 Å². The van der Waals surface area contributed by atoms with Crippen molar-refractivity contribution in [1.29, 1.82) is 0 Å². The van der Waals surface area contributed by atoms with Crippen LogP contribution in [0, 0.1) is 5.92 Å². The molecule has 0 radical (unpaired) electrons. The minimum Gasteiger partial charge on any atom is -0.369 e. The van der Waals surface area contributed by atoms with Crippen LogP contribution in [0.3, 0.4) is 0 Å². The van der Waals surface area contributed by atoms with Gasteiger partial charge in [0.2, 0.25) is 5.91 Å². The lowest BCUT2D eigenvalue weighted by Gasteiger charge is -2.18. The molecule has 1 aromatic rings. The lowest BCUT2D eigenvalue weighted by Crippen LogP contribution is -2.28. The van der Waals surface area contributed by atoms with Crippen molar-refractivity contribution in [1.82, 2.24) is 9.97 Å². The molecule has 6 heteroatoms. The van der Waals surface area contributed by atoms with Crippen LogP contribution in [-0.4, -0.2) is 29.0 Å². The highest BCUT2D eigenvalue weighted by Gasteiger charge is 2.27. The van der Waals surface area contributed by atoms with Crippen LogP contribution in [0.1, 0.15) is 32.0 Å². The van der Waals surface area contributed by atoms with E-state index in [4.69, 9.17) is 17.3 Å². The zero-order chi connectivity index (χ0) is 13.3. The fourth-order valence-electron chi connectivity index (χ4n) is 2.04. The molecular formula is C12H17ClN4O. The Bertz CT molecular complexity index is 463. The van der Waals surface area contributed by atoms with Crippen LogP contribution in [0.4, 0.5) is 5.82 Å². The van der Waals surface area contributed by atoms with Gasteiger partial charge in [0.05, 0.1) is 5.92 Å². The second kappa shape index (κ2) is 5.10. The first-order valence-electron chi connectivity index (χ1n) is 6.06. The first kappa shape index (κ1) is 13.1. The number of amides is 1. The molecule has 0 saturated carbocycles. The number of rotatable bonds is 3. The molecule has 1 amide bonds. The molecule has 98 valence electrons. The van der Waals surface area contributed by atoms with Gasteiger partial charge in [-0.3, -0.25) is 4.79 Å². The maximum atomic E-state index is 11.2. The third kappa shape index (κ3) is 2.72. The zero-order valence-electron chi connectivity index (χ0n) is 10.6. The number of aromatic nitrogens is 2. The van der Waals surface area contributed by atoms with Gasteiger partial charge in [-0.05, 0) is 6.42 Å². The quantitative estimate of drug-likeness (QED) is 0.845. The molecule has 1 unspecified atom stereocenters. The monoisotopic (exact) mass is 268 g/mol. The van der Waals surface area contributed by atoms with Crippen LogP contribution in [0.25, 0.3) is 0 Å². The molecule has 1 fully saturated rings. The molecule has 5 nitrogen and oxygen atoms in total. The Kier molecular flexibility index (Phi) is 3.71. The molecular weight excluding hydrogens is 252 g/mol. The largest absolute Gasteiger partial charge is 0.369 e. The summed E-state index contributed by atoms with van der Waals surface area (Å²) in [6.07, 6.45) is 0.772. The highest BCUT2D eigenvalue weighted by atomic mass is 35.5. The van der Waals surface area contributed by atoms with E-state index in [1.165, 1.54) is 0 Å². The summed E-state index contributed by atoms with van der Waals surface area (Å²) in [7, 11) is 0. The van der Waals surface area contributed by atoms with Gasteiger partial charge in [0.1, 0.15) is 16.8 Å². The lowest BCUT2D eigenvalue weighted by atomic mass is 10.1. The van der Waals surface area contributed by atoms with E-state index < -0.39 is 0 Å². The van der Waals surface area contributed by atoms with Gasteiger partial charge < -0.3 is 10.6 Å². The molecule has 0 bridgehead atoms. The van der Waals surface area contributed by atoms with Gasteiger partial charge in [-0.2, -0.15) is 0 Å². The first-order valence-corrected chi connectivity index (χ1v) is 6.44. The normalized spacial score (nSPS) is 19.6. The highest BCUT2D eigenvalue weighted by molar-refractivity contribution is 6.29. The molecule has 18 heavy (non-hydrogen) atoms. The Morgan fingerprint density at radius 1 is 1.56 bits per heavy atom. The topological polar surface area (TPSA) is 72.1 Å². The van der Waals surface area contributed by atoms with Crippen molar-refractivity contribution in [2.75, 3.05) is 18.0 Å². The molecule has 2 N–H and O–H groups in total. The van der Waals surface area contributed by atoms with Crippen molar-refractivity contribution in [2.45, 2.75) is 26.2 Å². The summed E-state index contributed by atoms with van der Waals surface area (Å²) >= 11 is 6.00. The predicted octanol–water partition coefficient (Wildman–Crippen LogP) is 1.56. The summed E-state index contributed by atoms with van der Waals surface area (Å²) in [5.41, 5.74) is 5.32.